The third-order valence-corrected chi connectivity index (χ3v) is 9.55. The molecule has 3 fully saturated rings. The second-order valence-corrected chi connectivity index (χ2v) is 13.8. The lowest BCUT2D eigenvalue weighted by molar-refractivity contribution is -0.142. The first-order chi connectivity index (χ1) is 23.0. The lowest BCUT2D eigenvalue weighted by Crippen LogP contribution is -2.56. The third kappa shape index (κ3) is 7.51. The second-order valence-electron chi connectivity index (χ2n) is 13.8. The number of rotatable bonds is 9. The fourth-order valence-electron chi connectivity index (χ4n) is 7.01. The van der Waals surface area contributed by atoms with Crippen molar-refractivity contribution < 1.29 is 28.2 Å². The van der Waals surface area contributed by atoms with Crippen molar-refractivity contribution in [2.75, 3.05) is 19.8 Å². The van der Waals surface area contributed by atoms with E-state index < -0.39 is 17.8 Å². The number of hydrogen-bond donors (Lipinski definition) is 1. The summed E-state index contributed by atoms with van der Waals surface area (Å²) >= 11 is 0. The van der Waals surface area contributed by atoms with Crippen LogP contribution in [0.15, 0.2) is 48.5 Å². The maximum atomic E-state index is 15.7. The van der Waals surface area contributed by atoms with Crippen molar-refractivity contribution in [1.29, 1.82) is 0 Å². The summed E-state index contributed by atoms with van der Waals surface area (Å²) in [5.74, 6) is -0.113. The van der Waals surface area contributed by atoms with Crippen LogP contribution in [0.1, 0.15) is 87.3 Å². The van der Waals surface area contributed by atoms with Crippen LogP contribution < -0.4 is 10.1 Å². The average molecular weight is 658 g/mol. The molecule has 3 saturated heterocycles. The molecule has 2 aromatic carbocycles. The van der Waals surface area contributed by atoms with Gasteiger partial charge in [-0.1, -0.05) is 20.8 Å². The Labute approximate surface area is 281 Å². The predicted molar refractivity (Wildman–Crippen MR) is 178 cm³/mol. The molecule has 3 aliphatic rings. The van der Waals surface area contributed by atoms with Crippen LogP contribution in [-0.4, -0.2) is 75.6 Å². The molecule has 3 atom stereocenters. The maximum Gasteiger partial charge on any atom is 0.254 e. The number of aromatic nitrogens is 2. The summed E-state index contributed by atoms with van der Waals surface area (Å²) < 4.78 is 27.4. The van der Waals surface area contributed by atoms with Gasteiger partial charge in [0, 0.05) is 68.4 Å². The van der Waals surface area contributed by atoms with E-state index in [-0.39, 0.29) is 60.0 Å². The SMILES string of the molecule is CC1CC(=O)N(Cc2cc(F)c(C(=O)NC3CC(=O)N(C4CCOCC4)C(C)C3)cc2Oc2ccc(-c3ccc(C(C)C)nn3)cc2)C1. The number of hydrogen-bond acceptors (Lipinski definition) is 7. The molecule has 10 nitrogen and oxygen atoms in total. The van der Waals surface area contributed by atoms with E-state index >= 15 is 4.39 Å². The van der Waals surface area contributed by atoms with Gasteiger partial charge in [-0.05, 0) is 86.6 Å². The molecule has 3 aromatic rings. The molecule has 3 unspecified atom stereocenters. The Morgan fingerprint density at radius 2 is 1.77 bits per heavy atom. The Kier molecular flexibility index (Phi) is 10.1. The van der Waals surface area contributed by atoms with Crippen molar-refractivity contribution in [3.8, 4) is 22.8 Å². The van der Waals surface area contributed by atoms with Gasteiger partial charge in [-0.3, -0.25) is 14.4 Å². The number of amides is 3. The highest BCUT2D eigenvalue weighted by Crippen LogP contribution is 2.33. The summed E-state index contributed by atoms with van der Waals surface area (Å²) in [6, 6.07) is 13.5. The number of carbonyl (C=O) groups excluding carboxylic acids is 3. The normalized spacial score (nSPS) is 22.0. The van der Waals surface area contributed by atoms with Gasteiger partial charge < -0.3 is 24.6 Å². The van der Waals surface area contributed by atoms with Crippen LogP contribution in [0.25, 0.3) is 11.3 Å². The Morgan fingerprint density at radius 1 is 1.02 bits per heavy atom. The Morgan fingerprint density at radius 3 is 2.40 bits per heavy atom. The van der Waals surface area contributed by atoms with Gasteiger partial charge in [-0.25, -0.2) is 4.39 Å². The molecule has 0 radical (unpaired) electrons. The van der Waals surface area contributed by atoms with Crippen LogP contribution in [0.4, 0.5) is 4.39 Å². The maximum absolute atomic E-state index is 15.7. The molecule has 254 valence electrons. The lowest BCUT2D eigenvalue weighted by Gasteiger charge is -2.43. The highest BCUT2D eigenvalue weighted by atomic mass is 19.1. The lowest BCUT2D eigenvalue weighted by atomic mass is 9.93. The zero-order valence-corrected chi connectivity index (χ0v) is 28.1. The van der Waals surface area contributed by atoms with Crippen LogP contribution in [0.3, 0.4) is 0 Å². The molecule has 1 N–H and O–H groups in total. The van der Waals surface area contributed by atoms with Gasteiger partial charge in [-0.15, -0.1) is 0 Å². The first-order valence-electron chi connectivity index (χ1n) is 17.0. The van der Waals surface area contributed by atoms with E-state index in [1.807, 2.05) is 43.0 Å². The summed E-state index contributed by atoms with van der Waals surface area (Å²) in [6.45, 7) is 10.1. The smallest absolute Gasteiger partial charge is 0.254 e. The van der Waals surface area contributed by atoms with Gasteiger partial charge in [0.05, 0.1) is 17.0 Å². The minimum Gasteiger partial charge on any atom is -0.457 e. The zero-order valence-electron chi connectivity index (χ0n) is 28.1. The van der Waals surface area contributed by atoms with Crippen molar-refractivity contribution >= 4 is 17.7 Å². The van der Waals surface area contributed by atoms with Gasteiger partial charge in [0.1, 0.15) is 17.3 Å². The highest BCUT2D eigenvalue weighted by molar-refractivity contribution is 5.95. The zero-order chi connectivity index (χ0) is 33.9. The minimum absolute atomic E-state index is 0.00416. The Hall–Kier alpha value is -4.38. The number of carbonyl (C=O) groups is 3. The van der Waals surface area contributed by atoms with Crippen molar-refractivity contribution in [3.05, 3.63) is 71.2 Å². The van der Waals surface area contributed by atoms with Gasteiger partial charge in [0.25, 0.3) is 5.91 Å². The molecule has 48 heavy (non-hydrogen) atoms. The van der Waals surface area contributed by atoms with Crippen LogP contribution in [0, 0.1) is 11.7 Å². The Bertz CT molecular complexity index is 1640. The molecular formula is C37H44FN5O5. The van der Waals surface area contributed by atoms with Gasteiger partial charge >= 0.3 is 0 Å². The highest BCUT2D eigenvalue weighted by Gasteiger charge is 2.37. The molecule has 3 amide bonds. The first-order valence-corrected chi connectivity index (χ1v) is 17.0. The summed E-state index contributed by atoms with van der Waals surface area (Å²) in [7, 11) is 0. The standard InChI is InChI=1S/C37H44FN5O5/c1-22(2)32-9-10-33(41-40-32)25-5-7-29(8-6-25)48-34-19-30(31(38)17-26(34)21-42-20-23(3)15-35(42)44)37(46)39-27-16-24(4)43(36(45)18-27)28-11-13-47-14-12-28/h5-10,17,19,22-24,27-28H,11-16,18,20-21H2,1-4H3,(H,39,46). The molecule has 0 saturated carbocycles. The summed E-state index contributed by atoms with van der Waals surface area (Å²) in [5, 5.41) is 11.6. The molecule has 6 rings (SSSR count). The van der Waals surface area contributed by atoms with E-state index in [1.165, 1.54) is 12.1 Å². The Balaban J connectivity index is 1.21. The van der Waals surface area contributed by atoms with Crippen LogP contribution in [0.5, 0.6) is 11.5 Å². The third-order valence-electron chi connectivity index (χ3n) is 9.55. The van der Waals surface area contributed by atoms with Crippen molar-refractivity contribution in [3.63, 3.8) is 0 Å². The fourth-order valence-corrected chi connectivity index (χ4v) is 7.01. The molecule has 11 heteroatoms. The topological polar surface area (TPSA) is 114 Å². The quantitative estimate of drug-likeness (QED) is 0.307. The average Bonchev–Trinajstić information content (AvgIpc) is 3.38. The molecule has 4 heterocycles. The van der Waals surface area contributed by atoms with E-state index in [2.05, 4.69) is 29.4 Å². The minimum atomic E-state index is -0.715. The van der Waals surface area contributed by atoms with E-state index in [4.69, 9.17) is 9.47 Å². The number of nitrogens with one attached hydrogen (secondary N) is 1. The van der Waals surface area contributed by atoms with Gasteiger partial charge in [-0.2, -0.15) is 10.2 Å². The summed E-state index contributed by atoms with van der Waals surface area (Å²) in [6.07, 6.45) is 2.77. The fraction of sp³-hybridized carbons (Fsp3) is 0.486. The molecule has 0 aliphatic carbocycles. The molecular weight excluding hydrogens is 613 g/mol. The van der Waals surface area contributed by atoms with Crippen molar-refractivity contribution in [2.24, 2.45) is 5.92 Å². The summed E-state index contributed by atoms with van der Waals surface area (Å²) in [4.78, 5) is 43.0. The largest absolute Gasteiger partial charge is 0.457 e. The molecule has 3 aliphatic heterocycles. The van der Waals surface area contributed by atoms with E-state index in [0.29, 0.717) is 43.9 Å². The second kappa shape index (κ2) is 14.4. The van der Waals surface area contributed by atoms with E-state index in [1.54, 1.807) is 17.0 Å². The number of piperidine rings is 1. The first kappa shape index (κ1) is 33.5. The summed E-state index contributed by atoms with van der Waals surface area (Å²) in [5.41, 5.74) is 2.77. The predicted octanol–water partition coefficient (Wildman–Crippen LogP) is 5.86. The van der Waals surface area contributed by atoms with Gasteiger partial charge in [0.15, 0.2) is 0 Å². The number of ether oxygens (including phenoxy) is 2. The van der Waals surface area contributed by atoms with Crippen molar-refractivity contribution in [2.45, 2.75) is 90.4 Å². The van der Waals surface area contributed by atoms with Gasteiger partial charge in [0.2, 0.25) is 11.8 Å². The van der Waals surface area contributed by atoms with Crippen LogP contribution >= 0.6 is 0 Å². The number of likely N-dealkylation sites (tertiary alicyclic amines) is 2. The number of nitrogens with zero attached hydrogens (tertiary/aromatic N) is 4. The van der Waals surface area contributed by atoms with Crippen molar-refractivity contribution in [1.82, 2.24) is 25.3 Å². The molecule has 0 spiro atoms. The number of halogens is 1. The number of benzene rings is 2. The van der Waals surface area contributed by atoms with E-state index in [0.717, 1.165) is 29.8 Å². The van der Waals surface area contributed by atoms with E-state index in [9.17, 15) is 14.4 Å². The van der Waals surface area contributed by atoms with Crippen LogP contribution in [0.2, 0.25) is 0 Å². The molecule has 0 bridgehead atoms. The van der Waals surface area contributed by atoms with Crippen LogP contribution in [-0.2, 0) is 20.9 Å². The molecule has 1 aromatic heterocycles. The monoisotopic (exact) mass is 657 g/mol.